The molecule has 0 spiro atoms. The van der Waals surface area contributed by atoms with Crippen LogP contribution in [0.25, 0.3) is 0 Å². The fraction of sp³-hybridized carbons (Fsp3) is 0.867. The molecule has 2 rings (SSSR count). The maximum atomic E-state index is 5.76. The molecule has 1 N–H and O–H groups in total. The highest BCUT2D eigenvalue weighted by Gasteiger charge is 2.16. The number of aryl methyl sites for hydroxylation is 1. The van der Waals surface area contributed by atoms with Crippen molar-refractivity contribution in [1.29, 1.82) is 0 Å². The van der Waals surface area contributed by atoms with Crippen LogP contribution in [-0.4, -0.2) is 36.0 Å². The minimum Gasteiger partial charge on any atom is -0.378 e. The van der Waals surface area contributed by atoms with Gasteiger partial charge in [0, 0.05) is 19.4 Å². The third-order valence-corrected chi connectivity index (χ3v) is 4.49. The van der Waals surface area contributed by atoms with Crippen molar-refractivity contribution >= 4 is 11.3 Å². The van der Waals surface area contributed by atoms with E-state index in [9.17, 15) is 0 Å². The molecule has 1 saturated heterocycles. The third-order valence-electron chi connectivity index (χ3n) is 3.48. The number of hydrogen-bond acceptors (Lipinski definition) is 5. The van der Waals surface area contributed by atoms with Crippen molar-refractivity contribution in [3.63, 3.8) is 0 Å². The van der Waals surface area contributed by atoms with E-state index in [-0.39, 0.29) is 0 Å². The van der Waals surface area contributed by atoms with Gasteiger partial charge in [-0.15, -0.1) is 21.5 Å². The zero-order valence-corrected chi connectivity index (χ0v) is 13.5. The number of rotatable bonds is 8. The first-order valence-electron chi connectivity index (χ1n) is 7.87. The Bertz CT molecular complexity index is 375. The molecular formula is C15H27N3OS. The van der Waals surface area contributed by atoms with E-state index in [1.807, 2.05) is 0 Å². The standard InChI is InChI=1S/C15H27N3OS/c1-12(2)11-16-8-5-7-14-17-18-15(20-14)10-13-6-3-4-9-19-13/h12-13,16H,3-11H2,1-2H3. The maximum Gasteiger partial charge on any atom is 0.120 e. The molecule has 0 radical (unpaired) electrons. The van der Waals surface area contributed by atoms with Crippen molar-refractivity contribution in [3.8, 4) is 0 Å². The Balaban J connectivity index is 1.64. The molecule has 0 aromatic carbocycles. The summed E-state index contributed by atoms with van der Waals surface area (Å²) in [4.78, 5) is 0. The second kappa shape index (κ2) is 8.70. The predicted octanol–water partition coefficient (Wildman–Crippen LogP) is 2.83. The molecule has 20 heavy (non-hydrogen) atoms. The molecule has 0 aliphatic carbocycles. The molecule has 0 bridgehead atoms. The van der Waals surface area contributed by atoms with Crippen LogP contribution in [0.4, 0.5) is 0 Å². The number of aromatic nitrogens is 2. The molecule has 1 atom stereocenters. The van der Waals surface area contributed by atoms with Gasteiger partial charge in [-0.1, -0.05) is 13.8 Å². The fourth-order valence-corrected chi connectivity index (χ4v) is 3.34. The Hall–Kier alpha value is -0.520. The molecule has 0 amide bonds. The molecule has 2 heterocycles. The zero-order chi connectivity index (χ0) is 14.2. The summed E-state index contributed by atoms with van der Waals surface area (Å²) in [6.07, 6.45) is 7.17. The summed E-state index contributed by atoms with van der Waals surface area (Å²) < 4.78 is 5.76. The Kier molecular flexibility index (Phi) is 6.90. The predicted molar refractivity (Wildman–Crippen MR) is 83.2 cm³/mol. The van der Waals surface area contributed by atoms with Crippen LogP contribution in [0.1, 0.15) is 49.5 Å². The largest absolute Gasteiger partial charge is 0.378 e. The molecule has 1 aromatic rings. The molecule has 1 unspecified atom stereocenters. The molecule has 1 aromatic heterocycles. The topological polar surface area (TPSA) is 47.0 Å². The maximum absolute atomic E-state index is 5.76. The molecular weight excluding hydrogens is 270 g/mol. The van der Waals surface area contributed by atoms with E-state index in [4.69, 9.17) is 4.74 Å². The minimum atomic E-state index is 0.372. The average Bonchev–Trinajstić information content (AvgIpc) is 2.87. The zero-order valence-electron chi connectivity index (χ0n) is 12.7. The first-order chi connectivity index (χ1) is 9.74. The van der Waals surface area contributed by atoms with Crippen LogP contribution in [0.3, 0.4) is 0 Å². The lowest BCUT2D eigenvalue weighted by molar-refractivity contribution is 0.0167. The molecule has 1 aliphatic heterocycles. The third kappa shape index (κ3) is 5.85. The van der Waals surface area contributed by atoms with E-state index in [0.717, 1.165) is 49.9 Å². The van der Waals surface area contributed by atoms with Crippen LogP contribution in [0, 0.1) is 5.92 Å². The van der Waals surface area contributed by atoms with Crippen molar-refractivity contribution in [2.75, 3.05) is 19.7 Å². The Labute approximate surface area is 126 Å². The van der Waals surface area contributed by atoms with Crippen molar-refractivity contribution < 1.29 is 4.74 Å². The SMILES string of the molecule is CC(C)CNCCCc1nnc(CC2CCCCO2)s1. The van der Waals surface area contributed by atoms with Gasteiger partial charge in [0.1, 0.15) is 10.0 Å². The molecule has 4 nitrogen and oxygen atoms in total. The van der Waals surface area contributed by atoms with Crippen LogP contribution in [-0.2, 0) is 17.6 Å². The van der Waals surface area contributed by atoms with Gasteiger partial charge < -0.3 is 10.1 Å². The highest BCUT2D eigenvalue weighted by Crippen LogP contribution is 2.20. The van der Waals surface area contributed by atoms with E-state index in [2.05, 4.69) is 29.4 Å². The second-order valence-corrected chi connectivity index (χ2v) is 7.13. The van der Waals surface area contributed by atoms with Crippen LogP contribution in [0.5, 0.6) is 0 Å². The van der Waals surface area contributed by atoms with Gasteiger partial charge in [-0.3, -0.25) is 0 Å². The summed E-state index contributed by atoms with van der Waals surface area (Å²) in [7, 11) is 0. The van der Waals surface area contributed by atoms with E-state index in [1.165, 1.54) is 24.3 Å². The molecule has 114 valence electrons. The summed E-state index contributed by atoms with van der Waals surface area (Å²) in [6.45, 7) is 7.55. The monoisotopic (exact) mass is 297 g/mol. The quantitative estimate of drug-likeness (QED) is 0.750. The van der Waals surface area contributed by atoms with Crippen LogP contribution < -0.4 is 5.32 Å². The van der Waals surface area contributed by atoms with E-state index in [0.29, 0.717) is 6.10 Å². The minimum absolute atomic E-state index is 0.372. The lowest BCUT2D eigenvalue weighted by Crippen LogP contribution is -2.21. The Morgan fingerprint density at radius 2 is 2.15 bits per heavy atom. The Morgan fingerprint density at radius 1 is 1.30 bits per heavy atom. The van der Waals surface area contributed by atoms with Gasteiger partial charge >= 0.3 is 0 Å². The molecule has 1 aliphatic rings. The summed E-state index contributed by atoms with van der Waals surface area (Å²) >= 11 is 1.76. The van der Waals surface area contributed by atoms with Crippen molar-refractivity contribution in [3.05, 3.63) is 10.0 Å². The summed E-state index contributed by atoms with van der Waals surface area (Å²) in [6, 6.07) is 0. The fourth-order valence-electron chi connectivity index (χ4n) is 2.39. The van der Waals surface area contributed by atoms with Gasteiger partial charge in [0.15, 0.2) is 0 Å². The van der Waals surface area contributed by atoms with E-state index < -0.39 is 0 Å². The van der Waals surface area contributed by atoms with Gasteiger partial charge in [0.05, 0.1) is 6.10 Å². The lowest BCUT2D eigenvalue weighted by Gasteiger charge is -2.21. The highest BCUT2D eigenvalue weighted by atomic mass is 32.1. The summed E-state index contributed by atoms with van der Waals surface area (Å²) in [5.41, 5.74) is 0. The van der Waals surface area contributed by atoms with Gasteiger partial charge in [-0.25, -0.2) is 0 Å². The van der Waals surface area contributed by atoms with Crippen molar-refractivity contribution in [2.24, 2.45) is 5.92 Å². The van der Waals surface area contributed by atoms with Crippen LogP contribution in [0.15, 0.2) is 0 Å². The highest BCUT2D eigenvalue weighted by molar-refractivity contribution is 7.11. The summed E-state index contributed by atoms with van der Waals surface area (Å²) in [5, 5.41) is 14.4. The van der Waals surface area contributed by atoms with Gasteiger partial charge in [-0.05, 0) is 44.7 Å². The van der Waals surface area contributed by atoms with Crippen LogP contribution in [0.2, 0.25) is 0 Å². The van der Waals surface area contributed by atoms with Crippen LogP contribution >= 0.6 is 11.3 Å². The Morgan fingerprint density at radius 3 is 2.90 bits per heavy atom. The lowest BCUT2D eigenvalue weighted by atomic mass is 10.1. The van der Waals surface area contributed by atoms with Crippen molar-refractivity contribution in [2.45, 2.75) is 58.5 Å². The van der Waals surface area contributed by atoms with E-state index in [1.54, 1.807) is 11.3 Å². The molecule has 5 heteroatoms. The number of hydrogen-bond donors (Lipinski definition) is 1. The number of ether oxygens (including phenoxy) is 1. The first kappa shape index (κ1) is 15.9. The van der Waals surface area contributed by atoms with E-state index >= 15 is 0 Å². The molecule has 0 saturated carbocycles. The first-order valence-corrected chi connectivity index (χ1v) is 8.69. The van der Waals surface area contributed by atoms with Gasteiger partial charge in [0.25, 0.3) is 0 Å². The normalized spacial score (nSPS) is 19.6. The number of nitrogens with zero attached hydrogens (tertiary/aromatic N) is 2. The average molecular weight is 297 g/mol. The smallest absolute Gasteiger partial charge is 0.120 e. The number of nitrogens with one attached hydrogen (secondary N) is 1. The second-order valence-electron chi connectivity index (χ2n) is 5.98. The molecule has 1 fully saturated rings. The van der Waals surface area contributed by atoms with Crippen molar-refractivity contribution in [1.82, 2.24) is 15.5 Å². The van der Waals surface area contributed by atoms with Gasteiger partial charge in [0.2, 0.25) is 0 Å². The summed E-state index contributed by atoms with van der Waals surface area (Å²) in [5.74, 6) is 0.721. The van der Waals surface area contributed by atoms with Gasteiger partial charge in [-0.2, -0.15) is 0 Å².